The number of ether oxygens (including phenoxy) is 2. The summed E-state index contributed by atoms with van der Waals surface area (Å²) in [7, 11) is 3.10. The molecule has 112 valence electrons. The molecule has 5 heteroatoms. The van der Waals surface area contributed by atoms with Crippen molar-refractivity contribution in [3.8, 4) is 5.75 Å². The predicted octanol–water partition coefficient (Wildman–Crippen LogP) is 2.53. The van der Waals surface area contributed by atoms with Crippen LogP contribution in [0.3, 0.4) is 0 Å². The number of hydrogen-bond donors (Lipinski definition) is 1. The van der Waals surface area contributed by atoms with Crippen molar-refractivity contribution in [2.45, 2.75) is 31.7 Å². The van der Waals surface area contributed by atoms with Gasteiger partial charge in [-0.05, 0) is 45.4 Å². The van der Waals surface area contributed by atoms with Crippen molar-refractivity contribution in [1.82, 2.24) is 5.32 Å². The molecule has 0 aliphatic heterocycles. The molecule has 1 N–H and O–H groups in total. The van der Waals surface area contributed by atoms with Crippen LogP contribution < -0.4 is 10.1 Å². The molecule has 0 aromatic heterocycles. The second-order valence-corrected chi connectivity index (χ2v) is 4.81. The Labute approximate surface area is 119 Å². The quantitative estimate of drug-likeness (QED) is 0.588. The van der Waals surface area contributed by atoms with Gasteiger partial charge in [0.2, 0.25) is 0 Å². The maximum absolute atomic E-state index is 13.3. The molecule has 0 amide bonds. The lowest BCUT2D eigenvalue weighted by Crippen LogP contribution is -2.48. The van der Waals surface area contributed by atoms with E-state index < -0.39 is 5.54 Å². The van der Waals surface area contributed by atoms with Crippen LogP contribution in [0.1, 0.15) is 26.2 Å². The zero-order valence-electron chi connectivity index (χ0n) is 12.2. The Hall–Kier alpha value is -1.62. The van der Waals surface area contributed by atoms with Gasteiger partial charge in [-0.25, -0.2) is 4.39 Å². The van der Waals surface area contributed by atoms with Gasteiger partial charge in [0, 0.05) is 0 Å². The predicted molar refractivity (Wildman–Crippen MR) is 75.2 cm³/mol. The van der Waals surface area contributed by atoms with Gasteiger partial charge >= 0.3 is 5.97 Å². The van der Waals surface area contributed by atoms with E-state index in [0.29, 0.717) is 13.0 Å². The van der Waals surface area contributed by atoms with Crippen LogP contribution in [0.15, 0.2) is 24.3 Å². The topological polar surface area (TPSA) is 47.6 Å². The number of esters is 1. The largest absolute Gasteiger partial charge is 0.491 e. The number of likely N-dealkylation sites (N-methyl/N-ethyl adjacent to an activating group) is 1. The summed E-state index contributed by atoms with van der Waals surface area (Å²) in [6, 6.07) is 6.32. The van der Waals surface area contributed by atoms with Crippen LogP contribution in [-0.2, 0) is 9.53 Å². The van der Waals surface area contributed by atoms with E-state index >= 15 is 0 Å². The first-order valence-electron chi connectivity index (χ1n) is 6.68. The van der Waals surface area contributed by atoms with Crippen LogP contribution in [0.5, 0.6) is 5.75 Å². The first kappa shape index (κ1) is 16.4. The van der Waals surface area contributed by atoms with Gasteiger partial charge in [0.1, 0.15) is 5.54 Å². The Balaban J connectivity index is 2.31. The normalized spacial score (nSPS) is 13.6. The van der Waals surface area contributed by atoms with E-state index in [2.05, 4.69) is 5.32 Å². The lowest BCUT2D eigenvalue weighted by Gasteiger charge is -2.25. The highest BCUT2D eigenvalue weighted by Gasteiger charge is 2.31. The summed E-state index contributed by atoms with van der Waals surface area (Å²) in [6.07, 6.45) is 2.15. The average molecular weight is 283 g/mol. The molecule has 4 nitrogen and oxygen atoms in total. The van der Waals surface area contributed by atoms with Gasteiger partial charge in [-0.15, -0.1) is 0 Å². The van der Waals surface area contributed by atoms with Gasteiger partial charge in [-0.1, -0.05) is 12.1 Å². The van der Waals surface area contributed by atoms with E-state index in [1.54, 1.807) is 32.2 Å². The molecular formula is C15H22FNO3. The zero-order chi connectivity index (χ0) is 15.0. The third-order valence-electron chi connectivity index (χ3n) is 3.35. The number of unbranched alkanes of at least 4 members (excludes halogenated alkanes) is 1. The fourth-order valence-corrected chi connectivity index (χ4v) is 1.88. The number of rotatable bonds is 8. The average Bonchev–Trinajstić information content (AvgIpc) is 2.47. The smallest absolute Gasteiger partial charge is 0.325 e. The van der Waals surface area contributed by atoms with E-state index in [0.717, 1.165) is 12.8 Å². The Morgan fingerprint density at radius 3 is 2.65 bits per heavy atom. The standard InChI is InChI=1S/C15H22FNO3/c1-15(17-2,14(18)19-3)10-6-7-11-20-13-9-5-4-8-12(13)16/h4-5,8-9,17H,6-7,10-11H2,1-3H3. The highest BCUT2D eigenvalue weighted by molar-refractivity contribution is 5.80. The van der Waals surface area contributed by atoms with E-state index in [4.69, 9.17) is 9.47 Å². The van der Waals surface area contributed by atoms with E-state index in [1.807, 2.05) is 0 Å². The molecule has 0 saturated carbocycles. The molecule has 0 aliphatic rings. The molecule has 0 aliphatic carbocycles. The monoisotopic (exact) mass is 283 g/mol. The number of nitrogens with one attached hydrogen (secondary N) is 1. The lowest BCUT2D eigenvalue weighted by atomic mass is 9.95. The number of carbonyl (C=O) groups is 1. The SMILES string of the molecule is CNC(C)(CCCCOc1ccccc1F)C(=O)OC. The summed E-state index contributed by atoms with van der Waals surface area (Å²) in [5, 5.41) is 2.97. The summed E-state index contributed by atoms with van der Waals surface area (Å²) in [5.74, 6) is -0.381. The number of para-hydroxylation sites is 1. The molecule has 0 radical (unpaired) electrons. The lowest BCUT2D eigenvalue weighted by molar-refractivity contribution is -0.148. The summed E-state index contributed by atoms with van der Waals surface area (Å²) >= 11 is 0. The Morgan fingerprint density at radius 2 is 2.05 bits per heavy atom. The van der Waals surface area contributed by atoms with E-state index in [1.165, 1.54) is 13.2 Å². The number of hydrogen-bond acceptors (Lipinski definition) is 4. The Morgan fingerprint density at radius 1 is 1.35 bits per heavy atom. The van der Waals surface area contributed by atoms with Crippen molar-refractivity contribution in [3.05, 3.63) is 30.1 Å². The van der Waals surface area contributed by atoms with Crippen molar-refractivity contribution in [3.63, 3.8) is 0 Å². The maximum Gasteiger partial charge on any atom is 0.325 e. The third-order valence-corrected chi connectivity index (χ3v) is 3.35. The Bertz CT molecular complexity index is 439. The Kier molecular flexibility index (Phi) is 6.45. The molecule has 0 bridgehead atoms. The molecule has 1 unspecified atom stereocenters. The fraction of sp³-hybridized carbons (Fsp3) is 0.533. The second-order valence-electron chi connectivity index (χ2n) is 4.81. The number of carbonyl (C=O) groups excluding carboxylic acids is 1. The summed E-state index contributed by atoms with van der Waals surface area (Å²) < 4.78 is 23.4. The van der Waals surface area contributed by atoms with Crippen LogP contribution in [0.2, 0.25) is 0 Å². The molecule has 1 atom stereocenters. The minimum atomic E-state index is -0.688. The molecule has 0 fully saturated rings. The van der Waals surface area contributed by atoms with Gasteiger partial charge < -0.3 is 14.8 Å². The first-order chi connectivity index (χ1) is 9.53. The van der Waals surface area contributed by atoms with E-state index in [9.17, 15) is 9.18 Å². The molecule has 0 heterocycles. The van der Waals surface area contributed by atoms with Crippen molar-refractivity contribution in [1.29, 1.82) is 0 Å². The maximum atomic E-state index is 13.3. The molecule has 1 aromatic carbocycles. The fourth-order valence-electron chi connectivity index (χ4n) is 1.88. The molecule has 20 heavy (non-hydrogen) atoms. The van der Waals surface area contributed by atoms with Gasteiger partial charge in [0.05, 0.1) is 13.7 Å². The third kappa shape index (κ3) is 4.49. The van der Waals surface area contributed by atoms with Crippen molar-refractivity contribution >= 4 is 5.97 Å². The molecular weight excluding hydrogens is 261 g/mol. The van der Waals surface area contributed by atoms with Crippen LogP contribution >= 0.6 is 0 Å². The van der Waals surface area contributed by atoms with Crippen LogP contribution in [0, 0.1) is 5.82 Å². The van der Waals surface area contributed by atoms with Gasteiger partial charge in [-0.2, -0.15) is 0 Å². The van der Waals surface area contributed by atoms with Crippen LogP contribution in [-0.4, -0.2) is 32.3 Å². The highest BCUT2D eigenvalue weighted by atomic mass is 19.1. The molecule has 1 rings (SSSR count). The van der Waals surface area contributed by atoms with Crippen molar-refractivity contribution in [2.24, 2.45) is 0 Å². The van der Waals surface area contributed by atoms with Gasteiger partial charge in [0.15, 0.2) is 11.6 Å². The number of methoxy groups -OCH3 is 1. The van der Waals surface area contributed by atoms with Gasteiger partial charge in [0.25, 0.3) is 0 Å². The summed E-state index contributed by atoms with van der Waals surface area (Å²) in [6.45, 7) is 2.22. The van der Waals surface area contributed by atoms with Crippen molar-refractivity contribution in [2.75, 3.05) is 20.8 Å². The molecule has 0 saturated heterocycles. The van der Waals surface area contributed by atoms with Gasteiger partial charge in [-0.3, -0.25) is 4.79 Å². The second kappa shape index (κ2) is 7.85. The minimum Gasteiger partial charge on any atom is -0.491 e. The minimum absolute atomic E-state index is 0.261. The van der Waals surface area contributed by atoms with Crippen molar-refractivity contribution < 1.29 is 18.7 Å². The summed E-state index contributed by atoms with van der Waals surface area (Å²) in [5.41, 5.74) is -0.688. The van der Waals surface area contributed by atoms with Crippen LogP contribution in [0.4, 0.5) is 4.39 Å². The van der Waals surface area contributed by atoms with Crippen LogP contribution in [0.25, 0.3) is 0 Å². The molecule has 0 spiro atoms. The van der Waals surface area contributed by atoms with E-state index in [-0.39, 0.29) is 17.5 Å². The number of halogens is 1. The zero-order valence-corrected chi connectivity index (χ0v) is 12.2. The first-order valence-corrected chi connectivity index (χ1v) is 6.68. The molecule has 1 aromatic rings. The number of benzene rings is 1. The summed E-state index contributed by atoms with van der Waals surface area (Å²) in [4.78, 5) is 11.6. The highest BCUT2D eigenvalue weighted by Crippen LogP contribution is 2.18.